The lowest BCUT2D eigenvalue weighted by molar-refractivity contribution is -0.384. The summed E-state index contributed by atoms with van der Waals surface area (Å²) in [5.41, 5.74) is 4.36. The van der Waals surface area contributed by atoms with Crippen LogP contribution in [0.25, 0.3) is 0 Å². The van der Waals surface area contributed by atoms with Gasteiger partial charge in [0.05, 0.1) is 37.4 Å². The van der Waals surface area contributed by atoms with E-state index in [4.69, 9.17) is 14.2 Å². The second kappa shape index (κ2) is 14.9. The molecule has 0 saturated heterocycles. The van der Waals surface area contributed by atoms with Crippen LogP contribution < -0.4 is 5.32 Å². The summed E-state index contributed by atoms with van der Waals surface area (Å²) < 4.78 is 16.4. The number of methoxy groups -OCH3 is 1. The van der Waals surface area contributed by atoms with Gasteiger partial charge in [-0.05, 0) is 42.7 Å². The van der Waals surface area contributed by atoms with E-state index in [1.807, 2.05) is 54.6 Å². The molecule has 1 aliphatic rings. The average Bonchev–Trinajstić information content (AvgIpc) is 3.01. The van der Waals surface area contributed by atoms with Crippen LogP contribution in [0.15, 0.2) is 95.1 Å². The van der Waals surface area contributed by atoms with Gasteiger partial charge in [0.15, 0.2) is 0 Å². The molecule has 1 N–H and O–H groups in total. The van der Waals surface area contributed by atoms with Gasteiger partial charge in [0.25, 0.3) is 5.69 Å². The van der Waals surface area contributed by atoms with Crippen LogP contribution in [-0.4, -0.2) is 49.4 Å². The monoisotopic (exact) mass is 585 g/mol. The lowest BCUT2D eigenvalue weighted by Crippen LogP contribution is -2.36. The lowest BCUT2D eigenvalue weighted by atomic mass is 9.75. The van der Waals surface area contributed by atoms with Crippen molar-refractivity contribution in [1.29, 1.82) is 0 Å². The second-order valence-electron chi connectivity index (χ2n) is 10.1. The summed E-state index contributed by atoms with van der Waals surface area (Å²) in [5, 5.41) is 14.8. The lowest BCUT2D eigenvalue weighted by Gasteiger charge is -2.31. The van der Waals surface area contributed by atoms with Gasteiger partial charge in [-0.15, -0.1) is 0 Å². The highest BCUT2D eigenvalue weighted by Gasteiger charge is 2.42. The summed E-state index contributed by atoms with van der Waals surface area (Å²) in [6.45, 7) is 5.24. The van der Waals surface area contributed by atoms with Crippen LogP contribution in [0, 0.1) is 16.0 Å². The topological polar surface area (TPSA) is 129 Å². The zero-order valence-corrected chi connectivity index (χ0v) is 24.4. The van der Waals surface area contributed by atoms with E-state index in [1.54, 1.807) is 19.9 Å². The van der Waals surface area contributed by atoms with E-state index in [0.717, 1.165) is 16.8 Å². The maximum Gasteiger partial charge on any atom is 0.336 e. The molecule has 43 heavy (non-hydrogen) atoms. The van der Waals surface area contributed by atoms with Gasteiger partial charge in [-0.25, -0.2) is 4.79 Å². The summed E-state index contributed by atoms with van der Waals surface area (Å²) in [4.78, 5) is 41.6. The first-order valence-corrected chi connectivity index (χ1v) is 14.0. The summed E-state index contributed by atoms with van der Waals surface area (Å²) >= 11 is 0. The van der Waals surface area contributed by atoms with Crippen LogP contribution in [0.5, 0.6) is 0 Å². The number of hydrogen-bond donors (Lipinski definition) is 1. The van der Waals surface area contributed by atoms with Crippen molar-refractivity contribution < 1.29 is 28.7 Å². The minimum atomic E-state index is -0.929. The second-order valence-corrected chi connectivity index (χ2v) is 10.1. The van der Waals surface area contributed by atoms with Crippen LogP contribution in [-0.2, 0) is 36.8 Å². The highest BCUT2D eigenvalue weighted by Crippen LogP contribution is 2.41. The Hall–Kier alpha value is -4.83. The Kier molecular flexibility index (Phi) is 10.8. The summed E-state index contributed by atoms with van der Waals surface area (Å²) in [6.07, 6.45) is 0.475. The molecule has 1 aliphatic heterocycles. The largest absolute Gasteiger partial charge is 0.468 e. The molecule has 0 saturated carbocycles. The van der Waals surface area contributed by atoms with Gasteiger partial charge >= 0.3 is 11.9 Å². The van der Waals surface area contributed by atoms with E-state index < -0.39 is 28.7 Å². The van der Waals surface area contributed by atoms with Gasteiger partial charge < -0.3 is 19.5 Å². The van der Waals surface area contributed by atoms with Crippen LogP contribution in [0.3, 0.4) is 0 Å². The van der Waals surface area contributed by atoms with Gasteiger partial charge in [0.2, 0.25) is 0 Å². The van der Waals surface area contributed by atoms with E-state index >= 15 is 0 Å². The summed E-state index contributed by atoms with van der Waals surface area (Å²) in [7, 11) is 1.25. The highest BCUT2D eigenvalue weighted by molar-refractivity contribution is 6.07. The number of carbonyl (C=O) groups is 2. The predicted octanol–water partition coefficient (Wildman–Crippen LogP) is 5.63. The molecule has 0 spiro atoms. The highest BCUT2D eigenvalue weighted by atomic mass is 16.6. The fourth-order valence-electron chi connectivity index (χ4n) is 5.09. The molecular weight excluding hydrogens is 550 g/mol. The van der Waals surface area contributed by atoms with Gasteiger partial charge in [-0.2, -0.15) is 0 Å². The number of carbonyl (C=O) groups excluding carboxylic acids is 2. The molecule has 0 amide bonds. The maximum atomic E-state index is 13.4. The minimum absolute atomic E-state index is 0.100. The number of ether oxygens (including phenoxy) is 3. The van der Waals surface area contributed by atoms with Crippen LogP contribution in [0.2, 0.25) is 0 Å². The Morgan fingerprint density at radius 2 is 1.70 bits per heavy atom. The average molecular weight is 586 g/mol. The molecule has 0 radical (unpaired) electrons. The molecule has 2 atom stereocenters. The molecular formula is C33H35N3O7. The van der Waals surface area contributed by atoms with E-state index in [2.05, 4.69) is 10.3 Å². The first-order valence-electron chi connectivity index (χ1n) is 14.0. The van der Waals surface area contributed by atoms with Crippen molar-refractivity contribution in [3.63, 3.8) is 0 Å². The van der Waals surface area contributed by atoms with Crippen molar-refractivity contribution in [3.05, 3.63) is 117 Å². The molecule has 224 valence electrons. The molecule has 0 aliphatic carbocycles. The Morgan fingerprint density at radius 3 is 2.40 bits per heavy atom. The van der Waals surface area contributed by atoms with Crippen LogP contribution in [0.4, 0.5) is 11.4 Å². The van der Waals surface area contributed by atoms with Crippen molar-refractivity contribution in [2.24, 2.45) is 10.9 Å². The fraction of sp³-hybridized carbons (Fsp3) is 0.303. The van der Waals surface area contributed by atoms with E-state index in [-0.39, 0.29) is 17.9 Å². The molecule has 4 rings (SSSR count). The molecule has 0 bridgehead atoms. The molecule has 0 aromatic heterocycles. The maximum absolute atomic E-state index is 13.4. The number of anilines is 1. The van der Waals surface area contributed by atoms with Gasteiger partial charge in [0, 0.05) is 48.1 Å². The molecule has 2 unspecified atom stereocenters. The predicted molar refractivity (Wildman–Crippen MR) is 163 cm³/mol. The number of non-ortho nitro benzene ring substituents is 1. The zero-order valence-electron chi connectivity index (χ0n) is 24.4. The van der Waals surface area contributed by atoms with E-state index in [1.165, 1.54) is 25.3 Å². The van der Waals surface area contributed by atoms with E-state index in [9.17, 15) is 19.7 Å². The van der Waals surface area contributed by atoms with Gasteiger partial charge in [0.1, 0.15) is 5.92 Å². The quantitative estimate of drug-likeness (QED) is 0.118. The summed E-state index contributed by atoms with van der Waals surface area (Å²) in [6, 6.07) is 23.7. The number of nitro groups is 1. The number of hydrogen-bond acceptors (Lipinski definition) is 9. The third kappa shape index (κ3) is 8.14. The van der Waals surface area contributed by atoms with E-state index in [0.29, 0.717) is 43.2 Å². The standard InChI is InChI=1S/C33H35N3O7/c1-22-29(32(37)41-3)31(26-10-7-11-28(20-26)36(39)40)30(23(2)35-22)33(38)43-18-16-24-12-14-27(15-13-24)34-17-19-42-21-25-8-5-4-6-9-25/h4-15,20,29,31,34H,16-19,21H2,1-3H3. The number of nitro benzene ring substituents is 1. The molecule has 10 nitrogen and oxygen atoms in total. The Balaban J connectivity index is 1.36. The molecule has 10 heteroatoms. The first kappa shape index (κ1) is 31.1. The number of allylic oxidation sites excluding steroid dienone is 1. The van der Waals surface area contributed by atoms with Crippen molar-refractivity contribution in [1.82, 2.24) is 0 Å². The number of nitrogens with zero attached hydrogens (tertiary/aromatic N) is 2. The zero-order chi connectivity index (χ0) is 30.8. The Morgan fingerprint density at radius 1 is 0.953 bits per heavy atom. The molecule has 1 heterocycles. The Labute approximate surface area is 250 Å². The van der Waals surface area contributed by atoms with Crippen molar-refractivity contribution >= 4 is 29.0 Å². The van der Waals surface area contributed by atoms with Gasteiger partial charge in [-0.3, -0.25) is 19.9 Å². The fourth-order valence-corrected chi connectivity index (χ4v) is 5.09. The number of aliphatic imine (C=N–C) groups is 1. The smallest absolute Gasteiger partial charge is 0.336 e. The number of esters is 2. The number of rotatable bonds is 13. The molecule has 3 aromatic carbocycles. The third-order valence-electron chi connectivity index (χ3n) is 7.21. The SMILES string of the molecule is COC(=O)C1C(C)=NC(C)=C(C(=O)OCCc2ccc(NCCOCc3ccccc3)cc2)C1c1cccc([N+](=O)[O-])c1. The minimum Gasteiger partial charge on any atom is -0.468 e. The van der Waals surface area contributed by atoms with Crippen molar-refractivity contribution in [2.75, 3.05) is 32.2 Å². The van der Waals surface area contributed by atoms with Crippen molar-refractivity contribution in [3.8, 4) is 0 Å². The normalized spacial score (nSPS) is 16.3. The summed E-state index contributed by atoms with van der Waals surface area (Å²) in [5.74, 6) is -3.00. The van der Waals surface area contributed by atoms with Crippen LogP contribution >= 0.6 is 0 Å². The van der Waals surface area contributed by atoms with Crippen molar-refractivity contribution in [2.45, 2.75) is 32.8 Å². The first-order chi connectivity index (χ1) is 20.8. The van der Waals surface area contributed by atoms with Gasteiger partial charge in [-0.1, -0.05) is 54.6 Å². The Bertz CT molecular complexity index is 1500. The number of benzene rings is 3. The molecule has 0 fully saturated rings. The van der Waals surface area contributed by atoms with Crippen LogP contribution in [0.1, 0.15) is 36.5 Å². The third-order valence-corrected chi connectivity index (χ3v) is 7.21. The number of nitrogens with one attached hydrogen (secondary N) is 1. The molecule has 3 aromatic rings.